The molecule has 1 heterocycles. The first-order valence-electron chi connectivity index (χ1n) is 7.00. The predicted octanol–water partition coefficient (Wildman–Crippen LogP) is 4.93. The van der Waals surface area contributed by atoms with Gasteiger partial charge in [0.2, 0.25) is 0 Å². The Labute approximate surface area is 163 Å². The lowest BCUT2D eigenvalue weighted by Gasteiger charge is -2.07. The van der Waals surface area contributed by atoms with Crippen LogP contribution in [0.5, 0.6) is 5.75 Å². The Hall–Kier alpha value is -1.86. The fraction of sp³-hybridized carbons (Fsp3) is 0. The Morgan fingerprint density at radius 1 is 1.16 bits per heavy atom. The van der Waals surface area contributed by atoms with E-state index in [1.54, 1.807) is 48.5 Å². The van der Waals surface area contributed by atoms with Crippen LogP contribution in [0.3, 0.4) is 0 Å². The van der Waals surface area contributed by atoms with Gasteiger partial charge in [-0.15, -0.1) is 0 Å². The van der Waals surface area contributed by atoms with Gasteiger partial charge in [0, 0.05) is 5.56 Å². The molecule has 4 nitrogen and oxygen atoms in total. The molecule has 2 aromatic carbocycles. The molecule has 0 aliphatic carbocycles. The summed E-state index contributed by atoms with van der Waals surface area (Å²) < 4.78 is 0.302. The molecule has 8 heteroatoms. The zero-order chi connectivity index (χ0) is 18.0. The SMILES string of the molecule is O=C1/C(=C\c2cccc(O)c2)SC(=S)N1/N=C/c1c(Cl)cccc1Cl. The number of hydrazone groups is 1. The number of nitrogens with zero attached hydrogens (tertiary/aromatic N) is 2. The van der Waals surface area contributed by atoms with E-state index < -0.39 is 0 Å². The first kappa shape index (κ1) is 17.9. The number of halogens is 2. The summed E-state index contributed by atoms with van der Waals surface area (Å²) in [6.45, 7) is 0. The summed E-state index contributed by atoms with van der Waals surface area (Å²) in [6.07, 6.45) is 3.06. The lowest BCUT2D eigenvalue weighted by Crippen LogP contribution is -2.22. The van der Waals surface area contributed by atoms with Gasteiger partial charge in [-0.25, -0.2) is 0 Å². The third-order valence-electron chi connectivity index (χ3n) is 3.24. The number of carbonyl (C=O) groups excluding carboxylic acids is 1. The van der Waals surface area contributed by atoms with E-state index in [0.717, 1.165) is 16.8 Å². The van der Waals surface area contributed by atoms with E-state index in [9.17, 15) is 9.90 Å². The molecule has 1 N–H and O–H groups in total. The Morgan fingerprint density at radius 2 is 1.84 bits per heavy atom. The summed E-state index contributed by atoms with van der Waals surface area (Å²) in [6, 6.07) is 11.7. The van der Waals surface area contributed by atoms with Crippen LogP contribution in [0.2, 0.25) is 10.0 Å². The van der Waals surface area contributed by atoms with Crippen molar-refractivity contribution in [3.63, 3.8) is 0 Å². The quantitative estimate of drug-likeness (QED) is 0.444. The number of carbonyl (C=O) groups is 1. The maximum Gasteiger partial charge on any atom is 0.286 e. The third-order valence-corrected chi connectivity index (χ3v) is 5.19. The number of phenols is 1. The van der Waals surface area contributed by atoms with Crippen LogP contribution >= 0.6 is 47.2 Å². The van der Waals surface area contributed by atoms with Crippen molar-refractivity contribution in [2.45, 2.75) is 0 Å². The topological polar surface area (TPSA) is 52.9 Å². The highest BCUT2D eigenvalue weighted by molar-refractivity contribution is 8.26. The average Bonchev–Trinajstić information content (AvgIpc) is 2.81. The van der Waals surface area contributed by atoms with Crippen LogP contribution in [0.25, 0.3) is 6.08 Å². The van der Waals surface area contributed by atoms with Gasteiger partial charge in [0.25, 0.3) is 5.91 Å². The van der Waals surface area contributed by atoms with Crippen LogP contribution in [-0.2, 0) is 4.79 Å². The van der Waals surface area contributed by atoms with Crippen LogP contribution in [0.4, 0.5) is 0 Å². The molecular formula is C17H10Cl2N2O2S2. The minimum Gasteiger partial charge on any atom is -0.508 e. The van der Waals surface area contributed by atoms with Crippen LogP contribution in [0, 0.1) is 0 Å². The molecule has 0 unspecified atom stereocenters. The zero-order valence-electron chi connectivity index (χ0n) is 12.5. The number of thiocarbonyl (C=S) groups is 1. The molecule has 0 atom stereocenters. The van der Waals surface area contributed by atoms with E-state index in [0.29, 0.717) is 30.4 Å². The molecule has 1 fully saturated rings. The molecule has 1 amide bonds. The highest BCUT2D eigenvalue weighted by atomic mass is 35.5. The fourth-order valence-corrected chi connectivity index (χ4v) is 3.74. The molecule has 0 aromatic heterocycles. The van der Waals surface area contributed by atoms with E-state index in [1.807, 2.05) is 0 Å². The number of benzene rings is 2. The minimum atomic E-state index is -0.349. The predicted molar refractivity (Wildman–Crippen MR) is 107 cm³/mol. The van der Waals surface area contributed by atoms with E-state index in [2.05, 4.69) is 5.10 Å². The minimum absolute atomic E-state index is 0.121. The average molecular weight is 409 g/mol. The fourth-order valence-electron chi connectivity index (χ4n) is 2.07. The van der Waals surface area contributed by atoms with E-state index in [-0.39, 0.29) is 11.7 Å². The van der Waals surface area contributed by atoms with Gasteiger partial charge < -0.3 is 5.11 Å². The van der Waals surface area contributed by atoms with Crippen LogP contribution in [0.15, 0.2) is 52.5 Å². The molecular weight excluding hydrogens is 399 g/mol. The van der Waals surface area contributed by atoms with Gasteiger partial charge in [0.05, 0.1) is 21.2 Å². The van der Waals surface area contributed by atoms with Gasteiger partial charge in [-0.1, -0.05) is 53.2 Å². The van der Waals surface area contributed by atoms with Gasteiger partial charge in [0.15, 0.2) is 4.32 Å². The molecule has 126 valence electrons. The first-order valence-corrected chi connectivity index (χ1v) is 8.99. The molecule has 0 radical (unpaired) electrons. The van der Waals surface area contributed by atoms with Crippen molar-refractivity contribution < 1.29 is 9.90 Å². The second-order valence-corrected chi connectivity index (χ2v) is 7.46. The van der Waals surface area contributed by atoms with E-state index in [1.165, 1.54) is 6.21 Å². The smallest absolute Gasteiger partial charge is 0.286 e. The number of thioether (sulfide) groups is 1. The van der Waals surface area contributed by atoms with Crippen molar-refractivity contribution in [2.24, 2.45) is 5.10 Å². The van der Waals surface area contributed by atoms with Gasteiger partial charge >= 0.3 is 0 Å². The van der Waals surface area contributed by atoms with Gasteiger partial charge in [0.1, 0.15) is 5.75 Å². The Bertz CT molecular complexity index is 908. The van der Waals surface area contributed by atoms with Crippen molar-refractivity contribution in [1.82, 2.24) is 5.01 Å². The summed E-state index contributed by atoms with van der Waals surface area (Å²) >= 11 is 18.5. The van der Waals surface area contributed by atoms with Crippen LogP contribution < -0.4 is 0 Å². The molecule has 1 aliphatic heterocycles. The number of rotatable bonds is 3. The molecule has 0 bridgehead atoms. The van der Waals surface area contributed by atoms with Crippen molar-refractivity contribution in [3.8, 4) is 5.75 Å². The number of hydrogen-bond acceptors (Lipinski definition) is 5. The van der Waals surface area contributed by atoms with Gasteiger partial charge in [-0.3, -0.25) is 4.79 Å². The number of phenolic OH excluding ortho intramolecular Hbond substituents is 1. The van der Waals surface area contributed by atoms with E-state index >= 15 is 0 Å². The first-order chi connectivity index (χ1) is 12.0. The lowest BCUT2D eigenvalue weighted by atomic mass is 10.2. The number of aromatic hydroxyl groups is 1. The highest BCUT2D eigenvalue weighted by Gasteiger charge is 2.32. The summed E-state index contributed by atoms with van der Waals surface area (Å²) in [7, 11) is 0. The van der Waals surface area contributed by atoms with Crippen molar-refractivity contribution >= 4 is 69.7 Å². The second-order valence-electron chi connectivity index (χ2n) is 4.97. The van der Waals surface area contributed by atoms with E-state index in [4.69, 9.17) is 35.4 Å². The number of amides is 1. The molecule has 1 aliphatic rings. The normalized spacial score (nSPS) is 16.4. The molecule has 0 saturated carbocycles. The summed E-state index contributed by atoms with van der Waals surface area (Å²) in [5, 5.41) is 15.6. The van der Waals surface area contributed by atoms with Crippen molar-refractivity contribution in [3.05, 3.63) is 68.5 Å². The van der Waals surface area contributed by atoms with Gasteiger partial charge in [-0.05, 0) is 48.1 Å². The largest absolute Gasteiger partial charge is 0.508 e. The zero-order valence-corrected chi connectivity index (χ0v) is 15.7. The monoisotopic (exact) mass is 408 g/mol. The summed E-state index contributed by atoms with van der Waals surface area (Å²) in [5.74, 6) is -0.228. The van der Waals surface area contributed by atoms with Crippen LogP contribution in [-0.4, -0.2) is 26.6 Å². The van der Waals surface area contributed by atoms with Crippen molar-refractivity contribution in [1.29, 1.82) is 0 Å². The summed E-state index contributed by atoms with van der Waals surface area (Å²) in [4.78, 5) is 12.9. The maximum absolute atomic E-state index is 12.5. The molecule has 25 heavy (non-hydrogen) atoms. The molecule has 0 spiro atoms. The Balaban J connectivity index is 1.86. The summed E-state index contributed by atoms with van der Waals surface area (Å²) in [5.41, 5.74) is 1.20. The standard InChI is InChI=1S/C17H10Cl2N2O2S2/c18-13-5-2-6-14(19)12(13)9-20-21-16(23)15(25-17(21)24)8-10-3-1-4-11(22)7-10/h1-9,22H/b15-8+,20-9+. The molecule has 1 saturated heterocycles. The highest BCUT2D eigenvalue weighted by Crippen LogP contribution is 2.33. The van der Waals surface area contributed by atoms with Crippen LogP contribution in [0.1, 0.15) is 11.1 Å². The molecule has 3 rings (SSSR count). The third kappa shape index (κ3) is 4.04. The van der Waals surface area contributed by atoms with Gasteiger partial charge in [-0.2, -0.15) is 10.1 Å². The number of hydrogen-bond donors (Lipinski definition) is 1. The second kappa shape index (κ2) is 7.58. The lowest BCUT2D eigenvalue weighted by molar-refractivity contribution is -0.122. The Morgan fingerprint density at radius 3 is 2.52 bits per heavy atom. The molecule has 2 aromatic rings. The van der Waals surface area contributed by atoms with Crippen molar-refractivity contribution in [2.75, 3.05) is 0 Å². The Kier molecular flexibility index (Phi) is 5.44. The maximum atomic E-state index is 12.5.